The SMILES string of the molecule is CC.CCOC(=O)c1cnn([C@H]2CCOC2)c1-c1cc(F)c(-c2c(C)cc(OC)nc2C)cc1F. The summed E-state index contributed by atoms with van der Waals surface area (Å²) in [7, 11) is 1.50. The lowest BCUT2D eigenvalue weighted by molar-refractivity contribution is 0.0527. The molecule has 0 aliphatic carbocycles. The van der Waals surface area contributed by atoms with Crippen LogP contribution in [0.25, 0.3) is 22.4 Å². The van der Waals surface area contributed by atoms with Gasteiger partial charge in [0.1, 0.15) is 17.2 Å². The van der Waals surface area contributed by atoms with Gasteiger partial charge in [-0.25, -0.2) is 18.6 Å². The van der Waals surface area contributed by atoms with E-state index in [0.29, 0.717) is 42.3 Å². The van der Waals surface area contributed by atoms with Crippen molar-refractivity contribution in [2.75, 3.05) is 26.9 Å². The Morgan fingerprint density at radius 3 is 2.46 bits per heavy atom. The number of halogens is 2. The van der Waals surface area contributed by atoms with Gasteiger partial charge in [0.2, 0.25) is 5.88 Å². The second-order valence-corrected chi connectivity index (χ2v) is 7.84. The molecular weight excluding hydrogens is 456 g/mol. The van der Waals surface area contributed by atoms with Gasteiger partial charge in [0.15, 0.2) is 0 Å². The lowest BCUT2D eigenvalue weighted by Crippen LogP contribution is -2.14. The van der Waals surface area contributed by atoms with E-state index in [0.717, 1.165) is 12.1 Å². The molecule has 1 aliphatic rings. The summed E-state index contributed by atoms with van der Waals surface area (Å²) < 4.78 is 48.2. The number of hydrogen-bond acceptors (Lipinski definition) is 6. The number of carbonyl (C=O) groups excluding carboxylic acids is 1. The Morgan fingerprint density at radius 1 is 1.17 bits per heavy atom. The highest BCUT2D eigenvalue weighted by atomic mass is 19.1. The Bertz CT molecular complexity index is 1180. The van der Waals surface area contributed by atoms with Crippen LogP contribution in [0.4, 0.5) is 8.78 Å². The molecule has 3 aromatic rings. The van der Waals surface area contributed by atoms with Gasteiger partial charge >= 0.3 is 5.97 Å². The number of ether oxygens (including phenoxy) is 3. The second kappa shape index (κ2) is 11.4. The van der Waals surface area contributed by atoms with Gasteiger partial charge in [0, 0.05) is 35.1 Å². The molecule has 0 spiro atoms. The van der Waals surface area contributed by atoms with Crippen LogP contribution in [-0.4, -0.2) is 47.7 Å². The molecule has 1 aliphatic heterocycles. The third-order valence-electron chi connectivity index (χ3n) is 5.71. The first kappa shape index (κ1) is 26.3. The van der Waals surface area contributed by atoms with E-state index in [1.807, 2.05) is 13.8 Å². The van der Waals surface area contributed by atoms with Crippen LogP contribution < -0.4 is 4.74 Å². The maximum absolute atomic E-state index is 15.5. The number of benzene rings is 1. The third kappa shape index (κ3) is 5.19. The Hall–Kier alpha value is -3.33. The van der Waals surface area contributed by atoms with Crippen LogP contribution >= 0.6 is 0 Å². The predicted octanol–water partition coefficient (Wildman–Crippen LogP) is 5.68. The molecule has 1 aromatic carbocycles. The molecule has 7 nitrogen and oxygen atoms in total. The second-order valence-electron chi connectivity index (χ2n) is 7.84. The largest absolute Gasteiger partial charge is 0.481 e. The molecule has 2 aromatic heterocycles. The number of rotatable bonds is 6. The van der Waals surface area contributed by atoms with Crippen LogP contribution in [-0.2, 0) is 9.47 Å². The van der Waals surface area contributed by atoms with Crippen LogP contribution in [0.3, 0.4) is 0 Å². The first-order chi connectivity index (χ1) is 16.8. The highest BCUT2D eigenvalue weighted by Crippen LogP contribution is 2.37. The van der Waals surface area contributed by atoms with Gasteiger partial charge in [0.05, 0.1) is 38.3 Å². The minimum absolute atomic E-state index is 0.0690. The molecule has 0 saturated carbocycles. The summed E-state index contributed by atoms with van der Waals surface area (Å²) in [6, 6.07) is 3.70. The number of carbonyl (C=O) groups is 1. The van der Waals surface area contributed by atoms with Crippen molar-refractivity contribution in [2.45, 2.75) is 47.1 Å². The standard InChI is InChI=1S/C24H25F2N3O4.C2H6/c1-5-33-24(30)18-11-27-29(15-6-7-32-12-15)23(18)17-10-19(25)16(9-20(17)26)22-13(2)8-21(31-4)28-14(22)3;1-2/h8-11,15H,5-7,12H2,1-4H3;1-2H3/t15-;/m0./s1. The number of esters is 1. The van der Waals surface area contributed by atoms with Crippen LogP contribution in [0.1, 0.15) is 54.8 Å². The molecule has 0 amide bonds. The smallest absolute Gasteiger partial charge is 0.341 e. The van der Waals surface area contributed by atoms with E-state index in [4.69, 9.17) is 14.2 Å². The van der Waals surface area contributed by atoms with Crippen molar-refractivity contribution in [3.63, 3.8) is 0 Å². The topological polar surface area (TPSA) is 75.5 Å². The molecule has 35 heavy (non-hydrogen) atoms. The number of hydrogen-bond donors (Lipinski definition) is 0. The maximum atomic E-state index is 15.5. The normalized spacial score (nSPS) is 14.9. The number of aryl methyl sites for hydroxylation is 2. The van der Waals surface area contributed by atoms with Crippen LogP contribution in [0.15, 0.2) is 24.4 Å². The van der Waals surface area contributed by atoms with Crippen molar-refractivity contribution in [3.8, 4) is 28.3 Å². The quantitative estimate of drug-likeness (QED) is 0.417. The maximum Gasteiger partial charge on any atom is 0.341 e. The van der Waals surface area contributed by atoms with Gasteiger partial charge < -0.3 is 14.2 Å². The zero-order valence-corrected chi connectivity index (χ0v) is 20.9. The zero-order chi connectivity index (χ0) is 25.7. The highest BCUT2D eigenvalue weighted by molar-refractivity contribution is 5.96. The van der Waals surface area contributed by atoms with E-state index in [1.165, 1.54) is 18.0 Å². The first-order valence-electron chi connectivity index (χ1n) is 11.7. The minimum Gasteiger partial charge on any atom is -0.481 e. The van der Waals surface area contributed by atoms with E-state index >= 15 is 8.78 Å². The van der Waals surface area contributed by atoms with Crippen molar-refractivity contribution < 1.29 is 27.8 Å². The monoisotopic (exact) mass is 487 g/mol. The van der Waals surface area contributed by atoms with Crippen molar-refractivity contribution in [2.24, 2.45) is 0 Å². The lowest BCUT2D eigenvalue weighted by Gasteiger charge is -2.17. The molecule has 1 saturated heterocycles. The van der Waals surface area contributed by atoms with Gasteiger partial charge in [-0.2, -0.15) is 5.10 Å². The Labute approximate surface area is 204 Å². The summed E-state index contributed by atoms with van der Waals surface area (Å²) in [5.41, 5.74) is 1.96. The highest BCUT2D eigenvalue weighted by Gasteiger charge is 2.29. The molecule has 0 unspecified atom stereocenters. The summed E-state index contributed by atoms with van der Waals surface area (Å²) in [4.78, 5) is 16.9. The molecule has 0 bridgehead atoms. The van der Waals surface area contributed by atoms with E-state index in [-0.39, 0.29) is 35.0 Å². The molecule has 0 N–H and O–H groups in total. The lowest BCUT2D eigenvalue weighted by atomic mass is 9.96. The summed E-state index contributed by atoms with van der Waals surface area (Å²) >= 11 is 0. The van der Waals surface area contributed by atoms with Crippen molar-refractivity contribution in [3.05, 3.63) is 52.9 Å². The molecule has 3 heterocycles. The van der Waals surface area contributed by atoms with Crippen LogP contribution in [0, 0.1) is 25.5 Å². The molecule has 1 fully saturated rings. The predicted molar refractivity (Wildman–Crippen MR) is 129 cm³/mol. The Morgan fingerprint density at radius 2 is 1.86 bits per heavy atom. The van der Waals surface area contributed by atoms with Crippen LogP contribution in [0.2, 0.25) is 0 Å². The molecule has 4 rings (SSSR count). The number of pyridine rings is 1. The van der Waals surface area contributed by atoms with Gasteiger partial charge in [-0.15, -0.1) is 0 Å². The van der Waals surface area contributed by atoms with Crippen LogP contribution in [0.5, 0.6) is 5.88 Å². The molecule has 1 atom stereocenters. The van der Waals surface area contributed by atoms with Crippen molar-refractivity contribution >= 4 is 5.97 Å². The van der Waals surface area contributed by atoms with Gasteiger partial charge in [0.25, 0.3) is 0 Å². The fourth-order valence-corrected chi connectivity index (χ4v) is 4.21. The zero-order valence-electron chi connectivity index (χ0n) is 20.9. The molecule has 188 valence electrons. The molecular formula is C26H31F2N3O4. The summed E-state index contributed by atoms with van der Waals surface area (Å²) in [5.74, 6) is -1.58. The number of aromatic nitrogens is 3. The fourth-order valence-electron chi connectivity index (χ4n) is 4.21. The van der Waals surface area contributed by atoms with E-state index < -0.39 is 17.6 Å². The average molecular weight is 488 g/mol. The molecule has 0 radical (unpaired) electrons. The summed E-state index contributed by atoms with van der Waals surface area (Å²) in [5, 5.41) is 4.30. The molecule has 9 heteroatoms. The minimum atomic E-state index is -0.688. The average Bonchev–Trinajstić information content (AvgIpc) is 3.52. The van der Waals surface area contributed by atoms with Crippen molar-refractivity contribution in [1.29, 1.82) is 0 Å². The van der Waals surface area contributed by atoms with E-state index in [9.17, 15) is 4.79 Å². The third-order valence-corrected chi connectivity index (χ3v) is 5.71. The summed E-state index contributed by atoms with van der Waals surface area (Å²) in [6.45, 7) is 10.2. The summed E-state index contributed by atoms with van der Waals surface area (Å²) in [6.07, 6.45) is 1.98. The number of nitrogens with zero attached hydrogens (tertiary/aromatic N) is 3. The number of methoxy groups -OCH3 is 1. The van der Waals surface area contributed by atoms with Gasteiger partial charge in [-0.3, -0.25) is 4.68 Å². The Balaban J connectivity index is 0.00000167. The van der Waals surface area contributed by atoms with Gasteiger partial charge in [-0.1, -0.05) is 13.8 Å². The van der Waals surface area contributed by atoms with Crippen molar-refractivity contribution in [1.82, 2.24) is 14.8 Å². The fraction of sp³-hybridized carbons (Fsp3) is 0.423. The first-order valence-corrected chi connectivity index (χ1v) is 11.7. The Kier molecular flexibility index (Phi) is 8.56. The van der Waals surface area contributed by atoms with Gasteiger partial charge in [-0.05, 0) is 44.9 Å². The van der Waals surface area contributed by atoms with E-state index in [1.54, 1.807) is 26.8 Å². The van der Waals surface area contributed by atoms with E-state index in [2.05, 4.69) is 10.1 Å².